The minimum Gasteiger partial charge on any atom is -0.469 e. The normalized spacial score (nSPS) is 11.8. The summed E-state index contributed by atoms with van der Waals surface area (Å²) in [5.74, 6) is 1.72. The number of pyridine rings is 1. The molecule has 6 nitrogen and oxygen atoms in total. The number of rotatable bonds is 5. The highest BCUT2D eigenvalue weighted by Crippen LogP contribution is 2.08. The lowest BCUT2D eigenvalue weighted by Gasteiger charge is -2.10. The number of aromatic nitrogens is 2. The topological polar surface area (TPSA) is 66.9 Å². The first-order chi connectivity index (χ1) is 11.3. The fourth-order valence-electron chi connectivity index (χ4n) is 2.44. The number of hydrogen-bond donors (Lipinski definition) is 2. The van der Waals surface area contributed by atoms with E-state index in [0.717, 1.165) is 36.0 Å². The first-order valence-corrected chi connectivity index (χ1v) is 7.67. The van der Waals surface area contributed by atoms with E-state index in [1.165, 1.54) is 5.69 Å². The third kappa shape index (κ3) is 3.71. The first kappa shape index (κ1) is 15.1. The minimum atomic E-state index is 0.627. The highest BCUT2D eigenvalue weighted by Gasteiger charge is 2.04. The molecule has 23 heavy (non-hydrogen) atoms. The number of hydrogen-bond acceptors (Lipinski definition) is 3. The van der Waals surface area contributed by atoms with Crippen LogP contribution in [-0.2, 0) is 13.0 Å². The van der Waals surface area contributed by atoms with E-state index in [1.807, 2.05) is 30.5 Å². The Morgan fingerprint density at radius 1 is 1.26 bits per heavy atom. The van der Waals surface area contributed by atoms with Crippen molar-refractivity contribution < 1.29 is 4.42 Å². The Morgan fingerprint density at radius 2 is 2.17 bits per heavy atom. The van der Waals surface area contributed by atoms with Crippen molar-refractivity contribution in [3.63, 3.8) is 0 Å². The molecule has 0 aliphatic carbocycles. The van der Waals surface area contributed by atoms with Gasteiger partial charge in [0.2, 0.25) is 0 Å². The number of aliphatic imine (C=N–C) groups is 1. The molecule has 0 saturated carbocycles. The summed E-state index contributed by atoms with van der Waals surface area (Å²) in [6.45, 7) is 3.46. The lowest BCUT2D eigenvalue weighted by atomic mass is 10.3. The predicted octanol–water partition coefficient (Wildman–Crippen LogP) is 2.14. The summed E-state index contributed by atoms with van der Waals surface area (Å²) in [7, 11) is 1.76. The van der Waals surface area contributed by atoms with Crippen LogP contribution in [0, 0.1) is 6.92 Å². The predicted molar refractivity (Wildman–Crippen MR) is 90.5 cm³/mol. The summed E-state index contributed by atoms with van der Waals surface area (Å²) in [6, 6.07) is 9.96. The molecule has 3 rings (SSSR count). The SMILES string of the molecule is CN=C(NCCc1ccco1)NCc1cn2c(C)cccc2n1. The van der Waals surface area contributed by atoms with E-state index in [9.17, 15) is 0 Å². The van der Waals surface area contributed by atoms with Gasteiger partial charge >= 0.3 is 0 Å². The fourth-order valence-corrected chi connectivity index (χ4v) is 2.44. The number of guanidine groups is 1. The van der Waals surface area contributed by atoms with Crippen LogP contribution in [0.4, 0.5) is 0 Å². The molecule has 0 atom stereocenters. The van der Waals surface area contributed by atoms with Gasteiger partial charge in [0.15, 0.2) is 5.96 Å². The van der Waals surface area contributed by atoms with Crippen LogP contribution >= 0.6 is 0 Å². The standard InChI is InChI=1S/C17H21N5O/c1-13-5-3-7-16-21-14(12-22(13)16)11-20-17(18-2)19-9-8-15-6-4-10-23-15/h3-7,10,12H,8-9,11H2,1-2H3,(H2,18,19,20). The summed E-state index contributed by atoms with van der Waals surface area (Å²) >= 11 is 0. The van der Waals surface area contributed by atoms with Crippen LogP contribution in [0.2, 0.25) is 0 Å². The maximum atomic E-state index is 5.31. The van der Waals surface area contributed by atoms with Gasteiger partial charge < -0.3 is 19.5 Å². The van der Waals surface area contributed by atoms with Gasteiger partial charge in [-0.25, -0.2) is 4.98 Å². The number of nitrogens with one attached hydrogen (secondary N) is 2. The molecule has 6 heteroatoms. The van der Waals surface area contributed by atoms with E-state index in [2.05, 4.69) is 38.0 Å². The van der Waals surface area contributed by atoms with Crippen molar-refractivity contribution in [3.8, 4) is 0 Å². The van der Waals surface area contributed by atoms with Gasteiger partial charge in [0, 0.05) is 31.9 Å². The van der Waals surface area contributed by atoms with Gasteiger partial charge in [-0.15, -0.1) is 0 Å². The second-order valence-corrected chi connectivity index (χ2v) is 5.31. The largest absolute Gasteiger partial charge is 0.469 e. The molecular weight excluding hydrogens is 290 g/mol. The van der Waals surface area contributed by atoms with Gasteiger partial charge in [0.25, 0.3) is 0 Å². The van der Waals surface area contributed by atoms with Gasteiger partial charge in [-0.05, 0) is 31.2 Å². The molecule has 0 saturated heterocycles. The Bertz CT molecular complexity index is 789. The second-order valence-electron chi connectivity index (χ2n) is 5.31. The first-order valence-electron chi connectivity index (χ1n) is 7.67. The van der Waals surface area contributed by atoms with Crippen molar-refractivity contribution in [3.05, 3.63) is 59.9 Å². The summed E-state index contributed by atoms with van der Waals surface area (Å²) in [5, 5.41) is 6.55. The quantitative estimate of drug-likeness (QED) is 0.560. The van der Waals surface area contributed by atoms with Crippen molar-refractivity contribution in [2.45, 2.75) is 19.9 Å². The molecule has 0 aliphatic heterocycles. The van der Waals surface area contributed by atoms with Crippen LogP contribution in [0.15, 0.2) is 52.2 Å². The Hall–Kier alpha value is -2.76. The second kappa shape index (κ2) is 7.00. The van der Waals surface area contributed by atoms with Gasteiger partial charge in [-0.1, -0.05) is 6.07 Å². The van der Waals surface area contributed by atoms with E-state index in [-0.39, 0.29) is 0 Å². The molecule has 3 aromatic heterocycles. The zero-order valence-electron chi connectivity index (χ0n) is 13.4. The molecule has 0 aromatic carbocycles. The zero-order valence-corrected chi connectivity index (χ0v) is 13.4. The van der Waals surface area contributed by atoms with Crippen LogP contribution < -0.4 is 10.6 Å². The number of nitrogens with zero attached hydrogens (tertiary/aromatic N) is 3. The summed E-state index contributed by atoms with van der Waals surface area (Å²) in [4.78, 5) is 8.83. The third-order valence-electron chi connectivity index (χ3n) is 3.65. The monoisotopic (exact) mass is 311 g/mol. The van der Waals surface area contributed by atoms with Crippen LogP contribution in [0.1, 0.15) is 17.1 Å². The lowest BCUT2D eigenvalue weighted by Crippen LogP contribution is -2.37. The average Bonchev–Trinajstić information content (AvgIpc) is 3.20. The highest BCUT2D eigenvalue weighted by atomic mass is 16.3. The number of aryl methyl sites for hydroxylation is 1. The number of imidazole rings is 1. The Labute approximate surface area is 135 Å². The molecule has 0 spiro atoms. The molecule has 0 fully saturated rings. The summed E-state index contributed by atoms with van der Waals surface area (Å²) < 4.78 is 7.40. The van der Waals surface area contributed by atoms with E-state index < -0.39 is 0 Å². The zero-order chi connectivity index (χ0) is 16.1. The van der Waals surface area contributed by atoms with Gasteiger partial charge in [0.05, 0.1) is 18.5 Å². The summed E-state index contributed by atoms with van der Waals surface area (Å²) in [5.41, 5.74) is 3.11. The minimum absolute atomic E-state index is 0.627. The molecular formula is C17H21N5O. The van der Waals surface area contributed by atoms with Crippen LogP contribution in [-0.4, -0.2) is 28.9 Å². The smallest absolute Gasteiger partial charge is 0.191 e. The maximum absolute atomic E-state index is 5.31. The van der Waals surface area contributed by atoms with Crippen molar-refractivity contribution in [1.29, 1.82) is 0 Å². The van der Waals surface area contributed by atoms with E-state index in [1.54, 1.807) is 13.3 Å². The van der Waals surface area contributed by atoms with Crippen molar-refractivity contribution in [2.75, 3.05) is 13.6 Å². The number of furan rings is 1. The molecule has 0 bridgehead atoms. The van der Waals surface area contributed by atoms with Crippen molar-refractivity contribution >= 4 is 11.6 Å². The summed E-state index contributed by atoms with van der Waals surface area (Å²) in [6.07, 6.45) is 4.56. The van der Waals surface area contributed by atoms with E-state index >= 15 is 0 Å². The Kier molecular flexibility index (Phi) is 4.61. The lowest BCUT2D eigenvalue weighted by molar-refractivity contribution is 0.507. The molecule has 2 N–H and O–H groups in total. The molecule has 3 aromatic rings. The van der Waals surface area contributed by atoms with Crippen LogP contribution in [0.3, 0.4) is 0 Å². The fraction of sp³-hybridized carbons (Fsp3) is 0.294. The van der Waals surface area contributed by atoms with Crippen LogP contribution in [0.5, 0.6) is 0 Å². The molecule has 120 valence electrons. The molecule has 0 amide bonds. The maximum Gasteiger partial charge on any atom is 0.191 e. The van der Waals surface area contributed by atoms with Gasteiger partial charge in [0.1, 0.15) is 11.4 Å². The van der Waals surface area contributed by atoms with Gasteiger partial charge in [-0.3, -0.25) is 4.99 Å². The molecule has 3 heterocycles. The molecule has 0 aliphatic rings. The van der Waals surface area contributed by atoms with Crippen molar-refractivity contribution in [2.24, 2.45) is 4.99 Å². The Balaban J connectivity index is 1.53. The third-order valence-corrected chi connectivity index (χ3v) is 3.65. The average molecular weight is 311 g/mol. The van der Waals surface area contributed by atoms with E-state index in [4.69, 9.17) is 4.42 Å². The molecule has 0 radical (unpaired) electrons. The van der Waals surface area contributed by atoms with E-state index in [0.29, 0.717) is 6.54 Å². The highest BCUT2D eigenvalue weighted by molar-refractivity contribution is 5.79. The number of fused-ring (bicyclic) bond motifs is 1. The van der Waals surface area contributed by atoms with Crippen molar-refractivity contribution in [1.82, 2.24) is 20.0 Å². The molecule has 0 unspecified atom stereocenters. The Morgan fingerprint density at radius 3 is 2.91 bits per heavy atom. The van der Waals surface area contributed by atoms with Gasteiger partial charge in [-0.2, -0.15) is 0 Å². The van der Waals surface area contributed by atoms with Crippen LogP contribution in [0.25, 0.3) is 5.65 Å².